The average Bonchev–Trinajstić information content (AvgIpc) is 2.51. The normalized spacial score (nSPS) is 12.3. The Hall–Kier alpha value is -0.610. The van der Waals surface area contributed by atoms with Gasteiger partial charge >= 0.3 is 5.97 Å². The molecule has 0 aromatic rings. The highest BCUT2D eigenvalue weighted by Gasteiger charge is 2.15. The van der Waals surface area contributed by atoms with E-state index in [0.717, 1.165) is 12.8 Å². The summed E-state index contributed by atoms with van der Waals surface area (Å²) in [7, 11) is 1.60. The fraction of sp³-hybridized carbons (Fsp3) is 0.944. The topological polar surface area (TPSA) is 44.8 Å². The highest BCUT2D eigenvalue weighted by Crippen LogP contribution is 2.14. The van der Waals surface area contributed by atoms with Crippen molar-refractivity contribution in [3.05, 3.63) is 0 Å². The Balaban J connectivity index is 3.63. The average molecular weight is 316 g/mol. The predicted molar refractivity (Wildman–Crippen MR) is 89.8 cm³/mol. The molecule has 0 rings (SSSR count). The van der Waals surface area contributed by atoms with Gasteiger partial charge in [-0.2, -0.15) is 0 Å². The largest absolute Gasteiger partial charge is 0.466 e. The van der Waals surface area contributed by atoms with E-state index in [2.05, 4.69) is 6.92 Å². The van der Waals surface area contributed by atoms with E-state index in [1.807, 2.05) is 6.92 Å². The van der Waals surface area contributed by atoms with Crippen molar-refractivity contribution < 1.29 is 19.0 Å². The van der Waals surface area contributed by atoms with E-state index in [4.69, 9.17) is 14.2 Å². The third-order valence-corrected chi connectivity index (χ3v) is 3.75. The Kier molecular flexibility index (Phi) is 16.3. The minimum atomic E-state index is -0.181. The third kappa shape index (κ3) is 14.3. The van der Waals surface area contributed by atoms with Gasteiger partial charge in [0.2, 0.25) is 0 Å². The van der Waals surface area contributed by atoms with E-state index in [9.17, 15) is 4.79 Å². The maximum Gasteiger partial charge on any atom is 0.308 e. The van der Waals surface area contributed by atoms with Gasteiger partial charge in [-0.25, -0.2) is 0 Å². The van der Waals surface area contributed by atoms with Crippen molar-refractivity contribution >= 4 is 5.97 Å². The van der Waals surface area contributed by atoms with Crippen LogP contribution in [0.25, 0.3) is 0 Å². The molecule has 4 nitrogen and oxygen atoms in total. The second-order valence-corrected chi connectivity index (χ2v) is 5.82. The first-order valence-corrected chi connectivity index (χ1v) is 9.00. The molecule has 0 aliphatic heterocycles. The summed E-state index contributed by atoms with van der Waals surface area (Å²) >= 11 is 0. The van der Waals surface area contributed by atoms with Gasteiger partial charge in [0.15, 0.2) is 0 Å². The first-order chi connectivity index (χ1) is 10.7. The Morgan fingerprint density at radius 2 is 1.50 bits per heavy atom. The highest BCUT2D eigenvalue weighted by atomic mass is 16.7. The lowest BCUT2D eigenvalue weighted by Crippen LogP contribution is -2.20. The summed E-state index contributed by atoms with van der Waals surface area (Å²) < 4.78 is 15.5. The standard InChI is InChI=1S/C18H36O4/c1-4-6-7-8-9-10-11-12-13-14-17(22-16-20-3)15-18(19)21-5-2/h17H,4-16H2,1-3H3. The van der Waals surface area contributed by atoms with Crippen molar-refractivity contribution in [3.8, 4) is 0 Å². The van der Waals surface area contributed by atoms with E-state index in [1.54, 1.807) is 7.11 Å². The molecule has 0 saturated heterocycles. The Morgan fingerprint density at radius 1 is 0.909 bits per heavy atom. The van der Waals surface area contributed by atoms with Gasteiger partial charge in [-0.05, 0) is 13.3 Å². The molecule has 0 spiro atoms. The maximum absolute atomic E-state index is 11.5. The monoisotopic (exact) mass is 316 g/mol. The Bertz CT molecular complexity index is 243. The maximum atomic E-state index is 11.5. The summed E-state index contributed by atoms with van der Waals surface area (Å²) in [6, 6.07) is 0. The third-order valence-electron chi connectivity index (χ3n) is 3.75. The molecule has 0 N–H and O–H groups in total. The lowest BCUT2D eigenvalue weighted by Gasteiger charge is -2.16. The molecule has 0 aliphatic rings. The molecule has 0 aromatic heterocycles. The minimum absolute atomic E-state index is 0.0800. The van der Waals surface area contributed by atoms with Gasteiger partial charge in [-0.3, -0.25) is 4.79 Å². The lowest BCUT2D eigenvalue weighted by molar-refractivity contribution is -0.149. The number of hydrogen-bond donors (Lipinski definition) is 0. The Labute approximate surface area is 136 Å². The van der Waals surface area contributed by atoms with Gasteiger partial charge in [0.1, 0.15) is 6.79 Å². The molecular weight excluding hydrogens is 280 g/mol. The zero-order valence-corrected chi connectivity index (χ0v) is 14.9. The van der Waals surface area contributed by atoms with Crippen LogP contribution in [0, 0.1) is 0 Å². The van der Waals surface area contributed by atoms with Crippen LogP contribution in [0.2, 0.25) is 0 Å². The fourth-order valence-corrected chi connectivity index (χ4v) is 2.50. The quantitative estimate of drug-likeness (QED) is 0.232. The van der Waals surface area contributed by atoms with Crippen molar-refractivity contribution in [3.63, 3.8) is 0 Å². The van der Waals surface area contributed by atoms with Crippen molar-refractivity contribution in [2.24, 2.45) is 0 Å². The van der Waals surface area contributed by atoms with E-state index in [-0.39, 0.29) is 18.9 Å². The molecule has 0 aromatic carbocycles. The van der Waals surface area contributed by atoms with Crippen LogP contribution in [0.3, 0.4) is 0 Å². The number of esters is 1. The molecule has 0 amide bonds. The summed E-state index contributed by atoms with van der Waals surface area (Å²) in [6.45, 7) is 4.73. The van der Waals surface area contributed by atoms with E-state index in [0.29, 0.717) is 13.0 Å². The van der Waals surface area contributed by atoms with E-state index in [1.165, 1.54) is 51.4 Å². The van der Waals surface area contributed by atoms with Gasteiger partial charge in [-0.1, -0.05) is 64.7 Å². The van der Waals surface area contributed by atoms with Gasteiger partial charge < -0.3 is 14.2 Å². The summed E-state index contributed by atoms with van der Waals surface area (Å²) in [5.41, 5.74) is 0. The number of ether oxygens (including phenoxy) is 3. The van der Waals surface area contributed by atoms with E-state index < -0.39 is 0 Å². The van der Waals surface area contributed by atoms with Crippen LogP contribution >= 0.6 is 0 Å². The number of unbranched alkanes of at least 4 members (excludes halogenated alkanes) is 8. The summed E-state index contributed by atoms with van der Waals surface area (Å²) in [4.78, 5) is 11.5. The molecule has 0 aliphatic carbocycles. The van der Waals surface area contributed by atoms with Crippen molar-refractivity contribution in [1.29, 1.82) is 0 Å². The van der Waals surface area contributed by atoms with Crippen molar-refractivity contribution in [2.45, 2.75) is 90.6 Å². The van der Waals surface area contributed by atoms with Crippen LogP contribution in [-0.2, 0) is 19.0 Å². The highest BCUT2D eigenvalue weighted by molar-refractivity contribution is 5.69. The smallest absolute Gasteiger partial charge is 0.308 e. The van der Waals surface area contributed by atoms with Gasteiger partial charge in [0.05, 0.1) is 19.1 Å². The van der Waals surface area contributed by atoms with Crippen LogP contribution in [0.4, 0.5) is 0 Å². The summed E-state index contributed by atoms with van der Waals surface area (Å²) in [6.07, 6.45) is 12.8. The van der Waals surface area contributed by atoms with Gasteiger partial charge in [-0.15, -0.1) is 0 Å². The van der Waals surface area contributed by atoms with Crippen LogP contribution in [0.5, 0.6) is 0 Å². The van der Waals surface area contributed by atoms with Gasteiger partial charge in [0.25, 0.3) is 0 Å². The fourth-order valence-electron chi connectivity index (χ4n) is 2.50. The molecule has 0 fully saturated rings. The zero-order chi connectivity index (χ0) is 16.5. The number of carbonyl (C=O) groups is 1. The molecule has 1 atom stereocenters. The minimum Gasteiger partial charge on any atom is -0.466 e. The first-order valence-electron chi connectivity index (χ1n) is 9.00. The SMILES string of the molecule is CCCCCCCCCCCC(CC(=O)OCC)OCOC. The molecule has 1 unspecified atom stereocenters. The first kappa shape index (κ1) is 21.4. The summed E-state index contributed by atoms with van der Waals surface area (Å²) in [5.74, 6) is -0.181. The molecule has 0 bridgehead atoms. The van der Waals surface area contributed by atoms with Crippen LogP contribution in [0.1, 0.15) is 84.5 Å². The number of carbonyl (C=O) groups excluding carboxylic acids is 1. The number of methoxy groups -OCH3 is 1. The molecule has 0 heterocycles. The Morgan fingerprint density at radius 3 is 2.05 bits per heavy atom. The molecule has 132 valence electrons. The summed E-state index contributed by atoms with van der Waals surface area (Å²) in [5, 5.41) is 0. The second kappa shape index (κ2) is 16.8. The van der Waals surface area contributed by atoms with Crippen LogP contribution in [0.15, 0.2) is 0 Å². The molecule has 0 radical (unpaired) electrons. The second-order valence-electron chi connectivity index (χ2n) is 5.82. The lowest BCUT2D eigenvalue weighted by atomic mass is 10.0. The molecular formula is C18H36O4. The van der Waals surface area contributed by atoms with Gasteiger partial charge in [0, 0.05) is 7.11 Å². The number of hydrogen-bond acceptors (Lipinski definition) is 4. The molecule has 22 heavy (non-hydrogen) atoms. The van der Waals surface area contributed by atoms with Crippen molar-refractivity contribution in [2.75, 3.05) is 20.5 Å². The van der Waals surface area contributed by atoms with Crippen LogP contribution in [-0.4, -0.2) is 32.6 Å². The van der Waals surface area contributed by atoms with Crippen LogP contribution < -0.4 is 0 Å². The van der Waals surface area contributed by atoms with E-state index >= 15 is 0 Å². The number of rotatable bonds is 16. The molecule has 0 saturated carbocycles. The predicted octanol–water partition coefficient (Wildman–Crippen LogP) is 4.85. The zero-order valence-electron chi connectivity index (χ0n) is 14.9. The molecule has 4 heteroatoms. The van der Waals surface area contributed by atoms with Crippen molar-refractivity contribution in [1.82, 2.24) is 0 Å².